The lowest BCUT2D eigenvalue weighted by molar-refractivity contribution is -0.137. The van der Waals surface area contributed by atoms with Gasteiger partial charge >= 0.3 is 6.18 Å². The molecule has 1 aliphatic rings. The normalized spacial score (nSPS) is 13.6. The molecule has 0 heterocycles. The minimum Gasteiger partial charge on any atom is -0.457 e. The molecule has 0 saturated heterocycles. The van der Waals surface area contributed by atoms with Crippen LogP contribution in [0.2, 0.25) is 0 Å². The van der Waals surface area contributed by atoms with Crippen LogP contribution in [0.3, 0.4) is 0 Å². The zero-order chi connectivity index (χ0) is 21.9. The number of rotatable bonds is 4. The number of hydrogen-bond acceptors (Lipinski definition) is 4. The second-order valence-corrected chi connectivity index (χ2v) is 7.14. The first-order chi connectivity index (χ1) is 14.1. The van der Waals surface area contributed by atoms with E-state index in [9.17, 15) is 30.8 Å². The molecule has 0 aromatic heterocycles. The van der Waals surface area contributed by atoms with Crippen LogP contribution in [0.25, 0.3) is 0 Å². The molecule has 3 rings (SSSR count). The van der Waals surface area contributed by atoms with Gasteiger partial charge in [-0.3, -0.25) is 4.79 Å². The molecule has 156 valence electrons. The van der Waals surface area contributed by atoms with Gasteiger partial charge in [0.2, 0.25) is 10.3 Å². The molecule has 0 aliphatic heterocycles. The molecule has 0 saturated carbocycles. The largest absolute Gasteiger partial charge is 0.457 e. The van der Waals surface area contributed by atoms with Crippen LogP contribution in [0, 0.1) is 5.82 Å². The molecule has 0 unspecified atom stereocenters. The maximum atomic E-state index is 13.1. The number of allylic oxidation sites excluding steroid dienone is 4. The fourth-order valence-corrected chi connectivity index (χ4v) is 3.06. The van der Waals surface area contributed by atoms with Gasteiger partial charge < -0.3 is 10.1 Å². The first-order valence-corrected chi connectivity index (χ1v) is 9.49. The van der Waals surface area contributed by atoms with E-state index in [1.54, 1.807) is 0 Å². The van der Waals surface area contributed by atoms with Gasteiger partial charge in [0.15, 0.2) is 0 Å². The topological polar surface area (TPSA) is 72.5 Å². The zero-order valence-electron chi connectivity index (χ0n) is 15.0. The fourth-order valence-electron chi connectivity index (χ4n) is 2.59. The monoisotopic (exact) mass is 439 g/mol. The molecule has 5 nitrogen and oxygen atoms in total. The molecule has 0 atom stereocenters. The molecule has 2 aromatic rings. The van der Waals surface area contributed by atoms with E-state index in [4.69, 9.17) is 4.74 Å². The van der Waals surface area contributed by atoms with Crippen LogP contribution in [0.4, 0.5) is 17.6 Å². The molecule has 0 radical (unpaired) electrons. The summed E-state index contributed by atoms with van der Waals surface area (Å²) in [5.74, 6) is -1.53. The Morgan fingerprint density at radius 3 is 2.40 bits per heavy atom. The number of carbonyl (C=O) groups is 1. The number of halogens is 4. The van der Waals surface area contributed by atoms with Gasteiger partial charge in [0.05, 0.1) is 16.0 Å². The lowest BCUT2D eigenvalue weighted by Gasteiger charge is -2.16. The quantitative estimate of drug-likeness (QED) is 0.571. The third-order valence-electron chi connectivity index (χ3n) is 4.03. The Labute approximate surface area is 169 Å². The summed E-state index contributed by atoms with van der Waals surface area (Å²) in [5, 5.41) is 2.40. The third-order valence-corrected chi connectivity index (χ3v) is 4.73. The van der Waals surface area contributed by atoms with Crippen molar-refractivity contribution in [2.75, 3.05) is 0 Å². The van der Waals surface area contributed by atoms with E-state index in [0.29, 0.717) is 6.07 Å². The highest BCUT2D eigenvalue weighted by molar-refractivity contribution is 7.73. The standard InChI is InChI=1S/C20H13F4NO4S/c21-13-5-7-15(8-6-13)29-18-9-4-12(20(22,23)24)10-17(18)19(26)25-14-2-1-3-16(11-14)30(27)28/h1-10H,11H2,(H,25,26). The molecule has 1 aliphatic carbocycles. The summed E-state index contributed by atoms with van der Waals surface area (Å²) in [7, 11) is -2.50. The predicted octanol–water partition coefficient (Wildman–Crippen LogP) is 4.26. The number of hydrogen-bond donors (Lipinski definition) is 1. The van der Waals surface area contributed by atoms with E-state index in [1.165, 1.54) is 30.4 Å². The van der Waals surface area contributed by atoms with Crippen molar-refractivity contribution in [3.8, 4) is 11.5 Å². The van der Waals surface area contributed by atoms with Crippen molar-refractivity contribution < 1.29 is 35.5 Å². The average Bonchev–Trinajstić information content (AvgIpc) is 2.69. The highest BCUT2D eigenvalue weighted by atomic mass is 32.2. The van der Waals surface area contributed by atoms with E-state index >= 15 is 0 Å². The van der Waals surface area contributed by atoms with Crippen LogP contribution in [0.5, 0.6) is 11.5 Å². The SMILES string of the molecule is O=C(NC1=CC=CC(=S(=O)=O)C1)c1cc(C(F)(F)F)ccc1Oc1ccc(F)cc1. The van der Waals surface area contributed by atoms with Crippen molar-refractivity contribution in [2.24, 2.45) is 0 Å². The number of nitrogens with one attached hydrogen (secondary N) is 1. The summed E-state index contributed by atoms with van der Waals surface area (Å²) in [6.45, 7) is 0. The Hall–Kier alpha value is -3.40. The average molecular weight is 439 g/mol. The molecule has 0 fully saturated rings. The highest BCUT2D eigenvalue weighted by Crippen LogP contribution is 2.34. The second kappa shape index (κ2) is 8.54. The van der Waals surface area contributed by atoms with Crippen molar-refractivity contribution >= 4 is 21.1 Å². The Morgan fingerprint density at radius 2 is 1.77 bits per heavy atom. The maximum absolute atomic E-state index is 13.1. The summed E-state index contributed by atoms with van der Waals surface area (Å²) in [6.07, 6.45) is -0.650. The molecular weight excluding hydrogens is 426 g/mol. The number of amides is 1. The number of ether oxygens (including phenoxy) is 1. The van der Waals surface area contributed by atoms with Crippen molar-refractivity contribution in [2.45, 2.75) is 12.6 Å². The van der Waals surface area contributed by atoms with Crippen molar-refractivity contribution in [1.29, 1.82) is 0 Å². The van der Waals surface area contributed by atoms with E-state index in [-0.39, 0.29) is 28.5 Å². The van der Waals surface area contributed by atoms with Crippen LogP contribution in [0.15, 0.2) is 66.4 Å². The predicted molar refractivity (Wildman–Crippen MR) is 101 cm³/mol. The lowest BCUT2D eigenvalue weighted by Crippen LogP contribution is -2.26. The molecule has 2 aromatic carbocycles. The van der Waals surface area contributed by atoms with E-state index < -0.39 is 39.3 Å². The Bertz CT molecular complexity index is 1170. The minimum absolute atomic E-state index is 0.0135. The van der Waals surface area contributed by atoms with Gasteiger partial charge in [-0.25, -0.2) is 4.39 Å². The fraction of sp³-hybridized carbons (Fsp3) is 0.100. The van der Waals surface area contributed by atoms with Crippen LogP contribution in [-0.2, 0) is 16.5 Å². The summed E-state index contributed by atoms with van der Waals surface area (Å²) in [6, 6.07) is 7.08. The van der Waals surface area contributed by atoms with Crippen molar-refractivity contribution in [3.63, 3.8) is 0 Å². The van der Waals surface area contributed by atoms with Gasteiger partial charge in [-0.2, -0.15) is 21.6 Å². The molecule has 0 spiro atoms. The summed E-state index contributed by atoms with van der Waals surface area (Å²) in [5.41, 5.74) is -1.30. The third kappa shape index (κ3) is 5.15. The Balaban J connectivity index is 1.94. The Kier molecular flexibility index (Phi) is 6.06. The van der Waals surface area contributed by atoms with Crippen LogP contribution < -0.4 is 10.1 Å². The summed E-state index contributed by atoms with van der Waals surface area (Å²) < 4.78 is 80.1. The van der Waals surface area contributed by atoms with E-state index in [0.717, 1.165) is 24.3 Å². The lowest BCUT2D eigenvalue weighted by atomic mass is 10.1. The summed E-state index contributed by atoms with van der Waals surface area (Å²) in [4.78, 5) is 12.7. The van der Waals surface area contributed by atoms with Crippen LogP contribution in [0.1, 0.15) is 22.3 Å². The second-order valence-electron chi connectivity index (χ2n) is 6.15. The molecule has 30 heavy (non-hydrogen) atoms. The maximum Gasteiger partial charge on any atom is 0.416 e. The summed E-state index contributed by atoms with van der Waals surface area (Å²) >= 11 is 0. The molecular formula is C20H13F4NO4S. The Morgan fingerprint density at radius 1 is 1.07 bits per heavy atom. The van der Waals surface area contributed by atoms with E-state index in [1.807, 2.05) is 0 Å². The van der Waals surface area contributed by atoms with E-state index in [2.05, 4.69) is 5.32 Å². The molecule has 1 amide bonds. The van der Waals surface area contributed by atoms with Crippen LogP contribution >= 0.6 is 0 Å². The molecule has 1 N–H and O–H groups in total. The van der Waals surface area contributed by atoms with Gasteiger partial charge in [0, 0.05) is 12.1 Å². The van der Waals surface area contributed by atoms with Crippen LogP contribution in [-0.4, -0.2) is 19.2 Å². The molecule has 10 heteroatoms. The van der Waals surface area contributed by atoms with Gasteiger partial charge in [0.25, 0.3) is 5.91 Å². The number of alkyl halides is 3. The minimum atomic E-state index is -4.70. The zero-order valence-corrected chi connectivity index (χ0v) is 15.9. The first-order valence-electron chi connectivity index (χ1n) is 8.42. The molecule has 0 bridgehead atoms. The van der Waals surface area contributed by atoms with Gasteiger partial charge in [-0.05, 0) is 54.6 Å². The van der Waals surface area contributed by atoms with Crippen molar-refractivity contribution in [1.82, 2.24) is 5.32 Å². The van der Waals surface area contributed by atoms with Gasteiger partial charge in [-0.1, -0.05) is 6.08 Å². The first kappa shape index (κ1) is 21.3. The number of carbonyl (C=O) groups excluding carboxylic acids is 1. The smallest absolute Gasteiger partial charge is 0.416 e. The van der Waals surface area contributed by atoms with Gasteiger partial charge in [-0.15, -0.1) is 0 Å². The van der Waals surface area contributed by atoms with Crippen molar-refractivity contribution in [3.05, 3.63) is 83.3 Å². The van der Waals surface area contributed by atoms with Gasteiger partial charge in [0.1, 0.15) is 17.3 Å². The highest BCUT2D eigenvalue weighted by Gasteiger charge is 2.32. The number of benzene rings is 2.